The first-order valence-electron chi connectivity index (χ1n) is 5.75. The van der Waals surface area contributed by atoms with Crippen molar-refractivity contribution in [3.8, 4) is 0 Å². The Morgan fingerprint density at radius 2 is 1.81 bits per heavy atom. The van der Waals surface area contributed by atoms with Gasteiger partial charge in [-0.15, -0.1) is 0 Å². The summed E-state index contributed by atoms with van der Waals surface area (Å²) in [5, 5.41) is 8.89. The van der Waals surface area contributed by atoms with Crippen molar-refractivity contribution in [2.75, 3.05) is 12.4 Å². The van der Waals surface area contributed by atoms with Crippen molar-refractivity contribution in [3.63, 3.8) is 0 Å². The molecule has 0 bridgehead atoms. The topological polar surface area (TPSA) is 29.9 Å². The summed E-state index contributed by atoms with van der Waals surface area (Å²) in [6.07, 6.45) is 0. The maximum atomic E-state index is 4.48. The molecule has 88 valence electrons. The summed E-state index contributed by atoms with van der Waals surface area (Å²) < 4.78 is 1.92. The maximum absolute atomic E-state index is 4.48. The number of rotatable bonds is 1. The number of aromatic nitrogens is 2. The lowest BCUT2D eigenvalue weighted by atomic mass is 10.1. The fourth-order valence-corrected chi connectivity index (χ4v) is 1.75. The zero-order chi connectivity index (χ0) is 12.3. The van der Waals surface area contributed by atoms with Gasteiger partial charge in [0.05, 0.1) is 5.69 Å². The van der Waals surface area contributed by atoms with Crippen molar-refractivity contribution in [1.29, 1.82) is 0 Å². The van der Waals surface area contributed by atoms with E-state index >= 15 is 0 Å². The van der Waals surface area contributed by atoms with Crippen LogP contribution < -0.4 is 5.32 Å². The summed E-state index contributed by atoms with van der Waals surface area (Å²) in [6.45, 7) is 8.20. The second-order valence-corrected chi connectivity index (χ2v) is 3.67. The van der Waals surface area contributed by atoms with E-state index in [1.807, 2.05) is 32.6 Å². The number of aryl methyl sites for hydroxylation is 3. The zero-order valence-corrected chi connectivity index (χ0v) is 11.0. The van der Waals surface area contributed by atoms with Gasteiger partial charge in [-0.05, 0) is 31.5 Å². The molecule has 1 aromatic carbocycles. The minimum absolute atomic E-state index is 1.05. The van der Waals surface area contributed by atoms with Crippen LogP contribution >= 0.6 is 0 Å². The van der Waals surface area contributed by atoms with Gasteiger partial charge in [-0.1, -0.05) is 13.8 Å². The van der Waals surface area contributed by atoms with E-state index in [0.29, 0.717) is 0 Å². The Kier molecular flexibility index (Phi) is 3.93. The Balaban J connectivity index is 0.000000606. The molecule has 0 aliphatic carbocycles. The van der Waals surface area contributed by atoms with Crippen LogP contribution in [0.5, 0.6) is 0 Å². The van der Waals surface area contributed by atoms with Crippen molar-refractivity contribution in [2.45, 2.75) is 27.7 Å². The minimum atomic E-state index is 1.05. The van der Waals surface area contributed by atoms with Gasteiger partial charge in [0.15, 0.2) is 0 Å². The van der Waals surface area contributed by atoms with Crippen LogP contribution in [0.4, 0.5) is 5.69 Å². The van der Waals surface area contributed by atoms with Gasteiger partial charge in [0.2, 0.25) is 0 Å². The molecule has 0 atom stereocenters. The summed E-state index contributed by atoms with van der Waals surface area (Å²) in [5.41, 5.74) is 4.62. The number of benzene rings is 1. The predicted molar refractivity (Wildman–Crippen MR) is 71.1 cm³/mol. The molecule has 0 unspecified atom stereocenters. The van der Waals surface area contributed by atoms with Gasteiger partial charge >= 0.3 is 0 Å². The summed E-state index contributed by atoms with van der Waals surface area (Å²) in [7, 11) is 3.91. The third kappa shape index (κ3) is 2.03. The normalized spacial score (nSPS) is 9.88. The molecule has 1 aromatic heterocycles. The first-order valence-corrected chi connectivity index (χ1v) is 5.75. The third-order valence-corrected chi connectivity index (χ3v) is 2.65. The number of anilines is 1. The smallest absolute Gasteiger partial charge is 0.116 e. The van der Waals surface area contributed by atoms with Crippen LogP contribution in [0.25, 0.3) is 10.9 Å². The monoisotopic (exact) mass is 219 g/mol. The number of nitrogens with zero attached hydrogens (tertiary/aromatic N) is 2. The summed E-state index contributed by atoms with van der Waals surface area (Å²) in [6, 6.07) is 4.30. The van der Waals surface area contributed by atoms with Crippen molar-refractivity contribution in [1.82, 2.24) is 9.78 Å². The van der Waals surface area contributed by atoms with Gasteiger partial charge in [-0.25, -0.2) is 0 Å². The fourth-order valence-electron chi connectivity index (χ4n) is 1.75. The van der Waals surface area contributed by atoms with Crippen molar-refractivity contribution >= 4 is 16.6 Å². The number of hydrogen-bond acceptors (Lipinski definition) is 2. The Labute approximate surface area is 97.5 Å². The molecule has 0 saturated carbocycles. The van der Waals surface area contributed by atoms with E-state index in [-0.39, 0.29) is 0 Å². The van der Waals surface area contributed by atoms with Gasteiger partial charge in [0.25, 0.3) is 0 Å². The first kappa shape index (κ1) is 12.6. The minimum Gasteiger partial charge on any atom is -0.386 e. The molecule has 3 heteroatoms. The SMILES string of the molecule is CC.CNc1cc(C)cc2c(C)n(C)nc12. The molecule has 3 nitrogen and oxygen atoms in total. The zero-order valence-electron chi connectivity index (χ0n) is 11.0. The van der Waals surface area contributed by atoms with Gasteiger partial charge < -0.3 is 5.32 Å². The van der Waals surface area contributed by atoms with Crippen LogP contribution in [0.2, 0.25) is 0 Å². The highest BCUT2D eigenvalue weighted by molar-refractivity contribution is 5.92. The quantitative estimate of drug-likeness (QED) is 0.798. The Morgan fingerprint density at radius 1 is 1.19 bits per heavy atom. The van der Waals surface area contributed by atoms with Gasteiger partial charge in [0, 0.05) is 25.2 Å². The predicted octanol–water partition coefficient (Wildman–Crippen LogP) is 3.26. The van der Waals surface area contributed by atoms with Gasteiger partial charge in [-0.3, -0.25) is 4.68 Å². The second kappa shape index (κ2) is 5.01. The fraction of sp³-hybridized carbons (Fsp3) is 0.462. The highest BCUT2D eigenvalue weighted by Gasteiger charge is 2.08. The highest BCUT2D eigenvalue weighted by Crippen LogP contribution is 2.26. The van der Waals surface area contributed by atoms with E-state index in [0.717, 1.165) is 11.2 Å². The lowest BCUT2D eigenvalue weighted by Crippen LogP contribution is -1.92. The average Bonchev–Trinajstić information content (AvgIpc) is 2.58. The molecule has 0 aliphatic rings. The summed E-state index contributed by atoms with van der Waals surface area (Å²) >= 11 is 0. The van der Waals surface area contributed by atoms with Gasteiger partial charge in [-0.2, -0.15) is 5.10 Å². The molecule has 0 spiro atoms. The molecule has 0 saturated heterocycles. The van der Waals surface area contributed by atoms with E-state index < -0.39 is 0 Å². The second-order valence-electron chi connectivity index (χ2n) is 3.67. The van der Waals surface area contributed by atoms with E-state index in [4.69, 9.17) is 0 Å². The summed E-state index contributed by atoms with van der Waals surface area (Å²) in [5.74, 6) is 0. The highest BCUT2D eigenvalue weighted by atomic mass is 15.3. The third-order valence-electron chi connectivity index (χ3n) is 2.65. The van der Waals surface area contributed by atoms with Gasteiger partial charge in [0.1, 0.15) is 5.52 Å². The van der Waals surface area contributed by atoms with Crippen molar-refractivity contribution in [2.24, 2.45) is 7.05 Å². The Bertz CT molecular complexity index is 483. The molecule has 0 aliphatic heterocycles. The lowest BCUT2D eigenvalue weighted by Gasteiger charge is -2.02. The molecule has 1 N–H and O–H groups in total. The summed E-state index contributed by atoms with van der Waals surface area (Å²) in [4.78, 5) is 0. The lowest BCUT2D eigenvalue weighted by molar-refractivity contribution is 0.751. The van der Waals surface area contributed by atoms with Crippen LogP contribution in [0.3, 0.4) is 0 Å². The number of hydrogen-bond donors (Lipinski definition) is 1. The molecule has 0 radical (unpaired) electrons. The van der Waals surface area contributed by atoms with Crippen LogP contribution in [0.15, 0.2) is 12.1 Å². The van der Waals surface area contributed by atoms with Crippen LogP contribution in [0.1, 0.15) is 25.1 Å². The van der Waals surface area contributed by atoms with Crippen LogP contribution in [0, 0.1) is 13.8 Å². The molecular weight excluding hydrogens is 198 g/mol. The Morgan fingerprint density at radius 3 is 2.38 bits per heavy atom. The molecular formula is C13H21N3. The van der Waals surface area contributed by atoms with Crippen LogP contribution in [-0.4, -0.2) is 16.8 Å². The molecule has 1 heterocycles. The molecule has 0 fully saturated rings. The maximum Gasteiger partial charge on any atom is 0.116 e. The standard InChI is InChI=1S/C11H15N3.C2H6/c1-7-5-9-8(2)14(4)13-11(9)10(6-7)12-3;1-2/h5-6,12H,1-4H3;1-2H3. The molecule has 2 rings (SSSR count). The molecule has 0 amide bonds. The average molecular weight is 219 g/mol. The number of fused-ring (bicyclic) bond motifs is 1. The largest absolute Gasteiger partial charge is 0.386 e. The van der Waals surface area contributed by atoms with E-state index in [1.165, 1.54) is 16.6 Å². The van der Waals surface area contributed by atoms with Crippen molar-refractivity contribution < 1.29 is 0 Å². The van der Waals surface area contributed by atoms with E-state index in [2.05, 4.69) is 36.4 Å². The van der Waals surface area contributed by atoms with E-state index in [9.17, 15) is 0 Å². The number of nitrogens with one attached hydrogen (secondary N) is 1. The van der Waals surface area contributed by atoms with Crippen LogP contribution in [-0.2, 0) is 7.05 Å². The first-order chi connectivity index (χ1) is 7.63. The molecule has 2 aromatic rings. The van der Waals surface area contributed by atoms with E-state index in [1.54, 1.807) is 0 Å². The van der Waals surface area contributed by atoms with Crippen molar-refractivity contribution in [3.05, 3.63) is 23.4 Å². The Hall–Kier alpha value is -1.51. The molecule has 16 heavy (non-hydrogen) atoms.